The molecule has 0 aromatic rings. The van der Waals surface area contributed by atoms with Gasteiger partial charge in [0.25, 0.3) is 0 Å². The summed E-state index contributed by atoms with van der Waals surface area (Å²) in [5.74, 6) is 0.881. The quantitative estimate of drug-likeness (QED) is 0.734. The Kier molecular flexibility index (Phi) is 5.49. The van der Waals surface area contributed by atoms with Crippen molar-refractivity contribution in [2.45, 2.75) is 52.0 Å². The van der Waals surface area contributed by atoms with Gasteiger partial charge in [-0.05, 0) is 31.7 Å². The van der Waals surface area contributed by atoms with Crippen molar-refractivity contribution in [3.63, 3.8) is 0 Å². The topological polar surface area (TPSA) is 23.5 Å². The third-order valence-electron chi connectivity index (χ3n) is 3.32. The molecule has 84 valence electrons. The number of hydrogen-bond donors (Lipinski definition) is 1. The summed E-state index contributed by atoms with van der Waals surface area (Å²) in [5.41, 5.74) is 0. The number of aliphatic hydroxyl groups is 1. The molecule has 0 aromatic carbocycles. The first-order chi connectivity index (χ1) is 6.77. The second kappa shape index (κ2) is 6.41. The third-order valence-corrected chi connectivity index (χ3v) is 3.32. The van der Waals surface area contributed by atoms with Gasteiger partial charge in [0.2, 0.25) is 0 Å². The van der Waals surface area contributed by atoms with Crippen molar-refractivity contribution in [3.8, 4) is 0 Å². The van der Waals surface area contributed by atoms with Gasteiger partial charge in [0.05, 0.1) is 6.61 Å². The average Bonchev–Trinajstić information content (AvgIpc) is 2.17. The summed E-state index contributed by atoms with van der Waals surface area (Å²) in [6.45, 7) is 6.90. The van der Waals surface area contributed by atoms with E-state index in [1.54, 1.807) is 0 Å². The Morgan fingerprint density at radius 1 is 1.29 bits per heavy atom. The van der Waals surface area contributed by atoms with E-state index in [-0.39, 0.29) is 0 Å². The number of nitrogens with zero attached hydrogens (tertiary/aromatic N) is 1. The van der Waals surface area contributed by atoms with Crippen molar-refractivity contribution in [3.05, 3.63) is 0 Å². The van der Waals surface area contributed by atoms with Crippen LogP contribution in [-0.2, 0) is 0 Å². The minimum Gasteiger partial charge on any atom is -0.395 e. The Hall–Kier alpha value is -0.0800. The van der Waals surface area contributed by atoms with Gasteiger partial charge in [-0.2, -0.15) is 0 Å². The lowest BCUT2D eigenvalue weighted by Crippen LogP contribution is -2.40. The van der Waals surface area contributed by atoms with Gasteiger partial charge in [-0.1, -0.05) is 26.7 Å². The Labute approximate surface area is 88.3 Å². The van der Waals surface area contributed by atoms with Gasteiger partial charge in [0, 0.05) is 12.6 Å². The molecule has 1 rings (SSSR count). The SMILES string of the molecule is CCCN(CCO)C1CCCC(C)C1. The van der Waals surface area contributed by atoms with Gasteiger partial charge in [0.1, 0.15) is 0 Å². The molecule has 0 aliphatic heterocycles. The zero-order valence-electron chi connectivity index (χ0n) is 9.71. The van der Waals surface area contributed by atoms with Crippen LogP contribution in [0.5, 0.6) is 0 Å². The second-order valence-electron chi connectivity index (χ2n) is 4.69. The maximum atomic E-state index is 9.02. The van der Waals surface area contributed by atoms with Crippen LogP contribution in [0, 0.1) is 5.92 Å². The molecule has 2 atom stereocenters. The predicted molar refractivity (Wildman–Crippen MR) is 60.4 cm³/mol. The van der Waals surface area contributed by atoms with Crippen LogP contribution in [0.15, 0.2) is 0 Å². The fourth-order valence-electron chi connectivity index (χ4n) is 2.63. The minimum absolute atomic E-state index is 0.310. The van der Waals surface area contributed by atoms with Crippen molar-refractivity contribution in [2.75, 3.05) is 19.7 Å². The first-order valence-electron chi connectivity index (χ1n) is 6.12. The lowest BCUT2D eigenvalue weighted by atomic mass is 9.86. The molecule has 0 bridgehead atoms. The molecule has 1 aliphatic rings. The molecule has 1 aliphatic carbocycles. The van der Waals surface area contributed by atoms with E-state index in [4.69, 9.17) is 5.11 Å². The molecule has 1 saturated carbocycles. The third kappa shape index (κ3) is 3.58. The zero-order valence-corrected chi connectivity index (χ0v) is 9.71. The van der Waals surface area contributed by atoms with Crippen molar-refractivity contribution in [1.82, 2.24) is 4.90 Å². The van der Waals surface area contributed by atoms with Crippen LogP contribution in [0.2, 0.25) is 0 Å². The summed E-state index contributed by atoms with van der Waals surface area (Å²) in [4.78, 5) is 2.48. The van der Waals surface area contributed by atoms with Crippen LogP contribution >= 0.6 is 0 Å². The van der Waals surface area contributed by atoms with E-state index < -0.39 is 0 Å². The minimum atomic E-state index is 0.310. The smallest absolute Gasteiger partial charge is 0.0558 e. The Morgan fingerprint density at radius 2 is 2.07 bits per heavy atom. The van der Waals surface area contributed by atoms with Crippen LogP contribution in [0.25, 0.3) is 0 Å². The summed E-state index contributed by atoms with van der Waals surface area (Å²) < 4.78 is 0. The molecule has 2 heteroatoms. The highest BCUT2D eigenvalue weighted by molar-refractivity contribution is 4.78. The molecule has 0 aromatic heterocycles. The lowest BCUT2D eigenvalue weighted by Gasteiger charge is -2.36. The Bertz CT molecular complexity index is 141. The number of hydrogen-bond acceptors (Lipinski definition) is 2. The highest BCUT2D eigenvalue weighted by Crippen LogP contribution is 2.27. The normalized spacial score (nSPS) is 28.3. The van der Waals surface area contributed by atoms with Crippen LogP contribution in [-0.4, -0.2) is 35.7 Å². The molecule has 0 heterocycles. The molecule has 14 heavy (non-hydrogen) atoms. The summed E-state index contributed by atoms with van der Waals surface area (Å²) in [6, 6.07) is 0.742. The summed E-state index contributed by atoms with van der Waals surface area (Å²) in [7, 11) is 0. The van der Waals surface area contributed by atoms with Gasteiger partial charge < -0.3 is 5.11 Å². The maximum absolute atomic E-state index is 9.02. The molecule has 1 fully saturated rings. The largest absolute Gasteiger partial charge is 0.395 e. The van der Waals surface area contributed by atoms with E-state index in [9.17, 15) is 0 Å². The Morgan fingerprint density at radius 3 is 2.64 bits per heavy atom. The van der Waals surface area contributed by atoms with E-state index >= 15 is 0 Å². The zero-order chi connectivity index (χ0) is 10.4. The molecule has 2 nitrogen and oxygen atoms in total. The molecule has 0 amide bonds. The molecule has 0 saturated heterocycles. The fraction of sp³-hybridized carbons (Fsp3) is 1.00. The van der Waals surface area contributed by atoms with Crippen molar-refractivity contribution >= 4 is 0 Å². The maximum Gasteiger partial charge on any atom is 0.0558 e. The van der Waals surface area contributed by atoms with Crippen LogP contribution in [0.4, 0.5) is 0 Å². The van der Waals surface area contributed by atoms with E-state index in [0.29, 0.717) is 6.61 Å². The highest BCUT2D eigenvalue weighted by atomic mass is 16.3. The molecule has 0 spiro atoms. The molecule has 2 unspecified atom stereocenters. The van der Waals surface area contributed by atoms with E-state index in [1.807, 2.05) is 0 Å². The van der Waals surface area contributed by atoms with Crippen molar-refractivity contribution in [2.24, 2.45) is 5.92 Å². The summed E-state index contributed by atoms with van der Waals surface area (Å²) >= 11 is 0. The molecular weight excluding hydrogens is 174 g/mol. The van der Waals surface area contributed by atoms with Gasteiger partial charge >= 0.3 is 0 Å². The predicted octanol–water partition coefficient (Wildman–Crippen LogP) is 2.27. The second-order valence-corrected chi connectivity index (χ2v) is 4.69. The van der Waals surface area contributed by atoms with Gasteiger partial charge in [-0.3, -0.25) is 4.90 Å². The highest BCUT2D eigenvalue weighted by Gasteiger charge is 2.23. The van der Waals surface area contributed by atoms with Crippen molar-refractivity contribution < 1.29 is 5.11 Å². The molecular formula is C12H25NO. The average molecular weight is 199 g/mol. The fourth-order valence-corrected chi connectivity index (χ4v) is 2.63. The Balaban J connectivity index is 2.39. The van der Waals surface area contributed by atoms with Gasteiger partial charge in [-0.15, -0.1) is 0 Å². The lowest BCUT2D eigenvalue weighted by molar-refractivity contribution is 0.109. The number of aliphatic hydroxyl groups excluding tert-OH is 1. The molecule has 1 N–H and O–H groups in total. The van der Waals surface area contributed by atoms with E-state index in [2.05, 4.69) is 18.7 Å². The van der Waals surface area contributed by atoms with Gasteiger partial charge in [-0.25, -0.2) is 0 Å². The molecule has 0 radical (unpaired) electrons. The van der Waals surface area contributed by atoms with E-state index in [0.717, 1.165) is 25.0 Å². The first-order valence-corrected chi connectivity index (χ1v) is 6.12. The van der Waals surface area contributed by atoms with Crippen LogP contribution < -0.4 is 0 Å². The monoisotopic (exact) mass is 199 g/mol. The van der Waals surface area contributed by atoms with Crippen molar-refractivity contribution in [1.29, 1.82) is 0 Å². The summed E-state index contributed by atoms with van der Waals surface area (Å²) in [6.07, 6.45) is 6.64. The van der Waals surface area contributed by atoms with Crippen LogP contribution in [0.1, 0.15) is 46.0 Å². The van der Waals surface area contributed by atoms with Gasteiger partial charge in [0.15, 0.2) is 0 Å². The van der Waals surface area contributed by atoms with Crippen LogP contribution in [0.3, 0.4) is 0 Å². The number of rotatable bonds is 5. The summed E-state index contributed by atoms with van der Waals surface area (Å²) in [5, 5.41) is 9.02. The standard InChI is InChI=1S/C12H25NO/c1-3-7-13(8-9-14)12-6-4-5-11(2)10-12/h11-12,14H,3-10H2,1-2H3. The first kappa shape index (κ1) is 12.0. The van der Waals surface area contributed by atoms with E-state index in [1.165, 1.54) is 32.1 Å².